The van der Waals surface area contributed by atoms with Crippen LogP contribution >= 0.6 is 34.9 Å². The number of thiazole rings is 1. The van der Waals surface area contributed by atoms with Gasteiger partial charge in [0.1, 0.15) is 35.5 Å². The lowest BCUT2D eigenvalue weighted by Crippen LogP contribution is -2.71. The lowest BCUT2D eigenvalue weighted by atomic mass is 9.77. The van der Waals surface area contributed by atoms with Gasteiger partial charge in [0.2, 0.25) is 0 Å². The average Bonchev–Trinajstić information content (AvgIpc) is 3.82. The molecule has 9 rings (SSSR count). The zero-order valence-corrected chi connectivity index (χ0v) is 37.3. The third-order valence-corrected chi connectivity index (χ3v) is 15.0. The van der Waals surface area contributed by atoms with Crippen LogP contribution in [-0.4, -0.2) is 76.1 Å². The lowest BCUT2D eigenvalue weighted by Gasteiger charge is -2.49. The van der Waals surface area contributed by atoms with Crippen molar-refractivity contribution in [3.05, 3.63) is 201 Å². The number of amides is 2. The second-order valence-corrected chi connectivity index (χ2v) is 18.7. The summed E-state index contributed by atoms with van der Waals surface area (Å²) < 4.78 is 12.0. The third-order valence-electron chi connectivity index (χ3n) is 11.4. The van der Waals surface area contributed by atoms with E-state index in [4.69, 9.17) is 19.3 Å². The molecule has 5 aromatic carbocycles. The van der Waals surface area contributed by atoms with Crippen molar-refractivity contribution in [3.63, 3.8) is 0 Å². The van der Waals surface area contributed by atoms with Crippen LogP contribution in [0.5, 0.6) is 0 Å². The van der Waals surface area contributed by atoms with Crippen LogP contribution in [0.1, 0.15) is 52.5 Å². The Balaban J connectivity index is 0.979. The molecule has 0 aliphatic carbocycles. The van der Waals surface area contributed by atoms with Gasteiger partial charge in [-0.15, -0.1) is 34.9 Å². The zero-order valence-electron chi connectivity index (χ0n) is 34.9. The molecule has 324 valence electrons. The van der Waals surface area contributed by atoms with E-state index < -0.39 is 40.8 Å². The van der Waals surface area contributed by atoms with Gasteiger partial charge in [-0.3, -0.25) is 14.5 Å². The highest BCUT2D eigenvalue weighted by atomic mass is 32.2. The molecule has 64 heavy (non-hydrogen) atoms. The van der Waals surface area contributed by atoms with Crippen molar-refractivity contribution in [2.45, 2.75) is 41.2 Å². The number of hydrogen-bond acceptors (Lipinski definition) is 12. The molecular weight excluding hydrogens is 863 g/mol. The second-order valence-electron chi connectivity index (χ2n) is 15.3. The number of fused-ring (bicyclic) bond motifs is 1. The van der Waals surface area contributed by atoms with Crippen molar-refractivity contribution in [2.75, 3.05) is 31.4 Å². The fourth-order valence-electron chi connectivity index (χ4n) is 8.30. The molecule has 4 heterocycles. The SMILES string of the molecule is CO/N=C(\C(=O)NC1C(=O)N2C(C(=O)OC(c3ccccc3)c3ccccc3)=C(SC3CCOCC3)CSC12)c1csc(NC(c2ccccc2)(c2ccccc2)c2ccccc2)n1. The van der Waals surface area contributed by atoms with Crippen LogP contribution < -0.4 is 10.6 Å². The van der Waals surface area contributed by atoms with E-state index in [0.29, 0.717) is 24.1 Å². The van der Waals surface area contributed by atoms with Gasteiger partial charge in [0, 0.05) is 34.5 Å². The first kappa shape index (κ1) is 43.1. The molecule has 11 nitrogen and oxygen atoms in total. The fraction of sp³-hybridized carbons (Fsp3) is 0.220. The molecule has 2 atom stereocenters. The van der Waals surface area contributed by atoms with Gasteiger partial charge in [0.15, 0.2) is 16.9 Å². The summed E-state index contributed by atoms with van der Waals surface area (Å²) in [6.45, 7) is 1.27. The Bertz CT molecular complexity index is 2490. The van der Waals surface area contributed by atoms with Crippen LogP contribution in [0.25, 0.3) is 0 Å². The first-order chi connectivity index (χ1) is 31.4. The van der Waals surface area contributed by atoms with Crippen molar-refractivity contribution in [1.82, 2.24) is 15.2 Å². The van der Waals surface area contributed by atoms with Crippen molar-refractivity contribution in [3.8, 4) is 0 Å². The summed E-state index contributed by atoms with van der Waals surface area (Å²) in [6, 6.07) is 48.6. The number of oxime groups is 1. The number of thioether (sulfide) groups is 2. The number of rotatable bonds is 15. The minimum absolute atomic E-state index is 0.0944. The van der Waals surface area contributed by atoms with Crippen LogP contribution in [0.3, 0.4) is 0 Å². The predicted octanol–water partition coefficient (Wildman–Crippen LogP) is 8.75. The molecular formula is C50H45N5O6S3. The van der Waals surface area contributed by atoms with Crippen LogP contribution in [0.15, 0.2) is 173 Å². The molecule has 2 N–H and O–H groups in total. The normalized spacial score (nSPS) is 17.9. The predicted molar refractivity (Wildman–Crippen MR) is 253 cm³/mol. The van der Waals surface area contributed by atoms with Gasteiger partial charge in [-0.2, -0.15) is 0 Å². The molecule has 0 saturated carbocycles. The maximum absolute atomic E-state index is 14.6. The van der Waals surface area contributed by atoms with Crippen LogP contribution in [-0.2, 0) is 34.2 Å². The number of anilines is 1. The fourth-order valence-corrected chi connectivity index (χ4v) is 11.8. The number of nitrogens with one attached hydrogen (secondary N) is 2. The first-order valence-electron chi connectivity index (χ1n) is 21.0. The quantitative estimate of drug-likeness (QED) is 0.0339. The Kier molecular flexibility index (Phi) is 13.3. The molecule has 14 heteroatoms. The van der Waals surface area contributed by atoms with Gasteiger partial charge in [-0.25, -0.2) is 9.78 Å². The van der Waals surface area contributed by atoms with E-state index >= 15 is 0 Å². The number of aromatic nitrogens is 1. The molecule has 2 amide bonds. The number of carbonyl (C=O) groups is 3. The summed E-state index contributed by atoms with van der Waals surface area (Å²) >= 11 is 4.43. The number of esters is 1. The van der Waals surface area contributed by atoms with Gasteiger partial charge in [0.05, 0.1) is 0 Å². The molecule has 6 aromatic rings. The third kappa shape index (κ3) is 8.83. The van der Waals surface area contributed by atoms with Gasteiger partial charge in [-0.1, -0.05) is 157 Å². The number of carbonyl (C=O) groups excluding carboxylic acids is 3. The Labute approximate surface area is 384 Å². The topological polar surface area (TPSA) is 131 Å². The molecule has 0 spiro atoms. The van der Waals surface area contributed by atoms with Crippen molar-refractivity contribution < 1.29 is 28.7 Å². The minimum Gasteiger partial charge on any atom is -0.448 e. The van der Waals surface area contributed by atoms with E-state index in [2.05, 4.69) is 52.2 Å². The summed E-state index contributed by atoms with van der Waals surface area (Å²) in [5.41, 5.74) is 4.13. The van der Waals surface area contributed by atoms with E-state index in [1.807, 2.05) is 115 Å². The minimum atomic E-state index is -0.950. The van der Waals surface area contributed by atoms with Gasteiger partial charge in [0.25, 0.3) is 11.8 Å². The summed E-state index contributed by atoms with van der Waals surface area (Å²) in [5, 5.41) is 12.7. The molecule has 1 aromatic heterocycles. The summed E-state index contributed by atoms with van der Waals surface area (Å²) in [5.74, 6) is -1.20. The molecule has 0 bridgehead atoms. The smallest absolute Gasteiger partial charge is 0.356 e. The Morgan fingerprint density at radius 2 is 1.34 bits per heavy atom. The van der Waals surface area contributed by atoms with Crippen LogP contribution in [0, 0.1) is 0 Å². The second kappa shape index (κ2) is 19.7. The standard InChI is InChI=1S/C50H45N5O6S3/c1-59-54-41(39-31-63-49(51-39)53-50(35-21-11-4-12-22-35,36-23-13-5-14-24-36)37-25-15-6-16-26-37)45(56)52-42-46(57)55-43(40(32-62-47(42)55)64-38-27-29-60-30-28-38)48(58)61-44(33-17-7-2-8-18-33)34-19-9-3-10-20-34/h2-26,31,38,42,44,47H,27-30,32H2,1H3,(H,51,53)(H,52,56)/b54-41-. The largest absolute Gasteiger partial charge is 0.448 e. The lowest BCUT2D eigenvalue weighted by molar-refractivity contribution is -0.154. The van der Waals surface area contributed by atoms with Gasteiger partial charge >= 0.3 is 5.97 Å². The molecule has 3 aliphatic heterocycles. The number of ether oxygens (including phenoxy) is 2. The molecule has 0 radical (unpaired) electrons. The summed E-state index contributed by atoms with van der Waals surface area (Å²) in [4.78, 5) is 55.5. The first-order valence-corrected chi connectivity index (χ1v) is 23.8. The van der Waals surface area contributed by atoms with E-state index in [0.717, 1.165) is 45.6 Å². The Morgan fingerprint density at radius 3 is 1.88 bits per heavy atom. The number of β-lactam (4-membered cyclic amide) rings is 1. The zero-order chi connectivity index (χ0) is 43.9. The van der Waals surface area contributed by atoms with E-state index in [1.165, 1.54) is 35.1 Å². The highest BCUT2D eigenvalue weighted by molar-refractivity contribution is 8.06. The van der Waals surface area contributed by atoms with Crippen molar-refractivity contribution in [2.24, 2.45) is 5.16 Å². The highest BCUT2D eigenvalue weighted by Gasteiger charge is 2.55. The maximum Gasteiger partial charge on any atom is 0.356 e. The van der Waals surface area contributed by atoms with Crippen LogP contribution in [0.4, 0.5) is 5.13 Å². The van der Waals surface area contributed by atoms with Gasteiger partial charge < -0.3 is 24.9 Å². The summed E-state index contributed by atoms with van der Waals surface area (Å²) in [7, 11) is 1.36. The van der Waals surface area contributed by atoms with E-state index in [1.54, 1.807) is 17.1 Å². The Morgan fingerprint density at radius 1 is 0.812 bits per heavy atom. The van der Waals surface area contributed by atoms with E-state index in [-0.39, 0.29) is 22.4 Å². The number of benzene rings is 5. The Hall–Kier alpha value is -6.19. The molecule has 2 unspecified atom stereocenters. The summed E-state index contributed by atoms with van der Waals surface area (Å²) in [6.07, 6.45) is 0.949. The highest BCUT2D eigenvalue weighted by Crippen LogP contribution is 2.47. The monoisotopic (exact) mass is 907 g/mol. The number of hydrogen-bond donors (Lipinski definition) is 2. The van der Waals surface area contributed by atoms with Gasteiger partial charge in [-0.05, 0) is 40.7 Å². The van der Waals surface area contributed by atoms with Crippen molar-refractivity contribution in [1.29, 1.82) is 0 Å². The molecule has 3 aliphatic rings. The average molecular weight is 908 g/mol. The van der Waals surface area contributed by atoms with E-state index in [9.17, 15) is 14.4 Å². The maximum atomic E-state index is 14.6. The number of nitrogens with zero attached hydrogens (tertiary/aromatic N) is 3. The van der Waals surface area contributed by atoms with Crippen LogP contribution in [0.2, 0.25) is 0 Å². The molecule has 2 saturated heterocycles. The van der Waals surface area contributed by atoms with Crippen molar-refractivity contribution >= 4 is 63.5 Å². The molecule has 2 fully saturated rings.